The Kier molecular flexibility index (Phi) is 6.77. The maximum Gasteiger partial charge on any atom is 0.314 e. The van der Waals surface area contributed by atoms with E-state index in [0.717, 1.165) is 11.1 Å². The molecule has 1 atom stereocenters. The average Bonchev–Trinajstić information content (AvgIpc) is 2.61. The van der Waals surface area contributed by atoms with Gasteiger partial charge in [0.05, 0.1) is 13.2 Å². The number of benzene rings is 2. The molecule has 0 radical (unpaired) electrons. The van der Waals surface area contributed by atoms with Crippen LogP contribution in [0, 0.1) is 12.7 Å². The van der Waals surface area contributed by atoms with Crippen molar-refractivity contribution in [2.75, 3.05) is 20.2 Å². The minimum absolute atomic E-state index is 0.0918. The topological polar surface area (TPSA) is 70.6 Å². The molecule has 0 aliphatic rings. The first kappa shape index (κ1) is 18.7. The summed E-state index contributed by atoms with van der Waals surface area (Å²) >= 11 is 0. The summed E-state index contributed by atoms with van der Waals surface area (Å²) in [6.07, 6.45) is -0.210. The third kappa shape index (κ3) is 5.76. The molecule has 0 saturated heterocycles. The molecule has 134 valence electrons. The first-order chi connectivity index (χ1) is 12.0. The number of carbonyl (C=O) groups excluding carboxylic acids is 1. The van der Waals surface area contributed by atoms with Crippen LogP contribution in [0.1, 0.15) is 22.8 Å². The summed E-state index contributed by atoms with van der Waals surface area (Å²) in [6, 6.07) is 11.3. The maximum atomic E-state index is 13.1. The molecule has 0 aliphatic carbocycles. The molecule has 5 nitrogen and oxygen atoms in total. The molecule has 3 N–H and O–H groups in total. The van der Waals surface area contributed by atoms with Crippen LogP contribution < -0.4 is 15.4 Å². The number of aryl methyl sites for hydroxylation is 1. The average molecular weight is 346 g/mol. The molecule has 0 heterocycles. The van der Waals surface area contributed by atoms with Crippen LogP contribution in [0.5, 0.6) is 5.75 Å². The van der Waals surface area contributed by atoms with Crippen LogP contribution in [0.4, 0.5) is 9.18 Å². The highest BCUT2D eigenvalue weighted by molar-refractivity contribution is 5.73. The van der Waals surface area contributed by atoms with E-state index < -0.39 is 6.10 Å². The Morgan fingerprint density at radius 2 is 2.04 bits per heavy atom. The van der Waals surface area contributed by atoms with Gasteiger partial charge in [-0.3, -0.25) is 0 Å². The van der Waals surface area contributed by atoms with Gasteiger partial charge >= 0.3 is 6.03 Å². The second-order valence-corrected chi connectivity index (χ2v) is 5.75. The molecule has 6 heteroatoms. The smallest absolute Gasteiger partial charge is 0.314 e. The Hall–Kier alpha value is -2.60. The van der Waals surface area contributed by atoms with E-state index in [-0.39, 0.29) is 18.4 Å². The van der Waals surface area contributed by atoms with E-state index in [2.05, 4.69) is 10.6 Å². The number of amides is 2. The molecule has 0 spiro atoms. The number of nitrogens with one attached hydrogen (secondary N) is 2. The number of ether oxygens (including phenoxy) is 1. The summed E-state index contributed by atoms with van der Waals surface area (Å²) in [4.78, 5) is 11.8. The van der Waals surface area contributed by atoms with E-state index in [4.69, 9.17) is 4.74 Å². The van der Waals surface area contributed by atoms with Crippen LogP contribution in [0.2, 0.25) is 0 Å². The number of halogens is 1. The summed E-state index contributed by atoms with van der Waals surface area (Å²) in [5.41, 5.74) is 2.51. The normalized spacial score (nSPS) is 11.7. The van der Waals surface area contributed by atoms with Gasteiger partial charge in [-0.15, -0.1) is 0 Å². The molecule has 0 bridgehead atoms. The monoisotopic (exact) mass is 346 g/mol. The molecule has 1 unspecified atom stereocenters. The Labute approximate surface area is 146 Å². The third-order valence-electron chi connectivity index (χ3n) is 3.92. The summed E-state index contributed by atoms with van der Waals surface area (Å²) < 4.78 is 18.2. The van der Waals surface area contributed by atoms with Crippen LogP contribution in [0.25, 0.3) is 0 Å². The van der Waals surface area contributed by atoms with Gasteiger partial charge in [-0.2, -0.15) is 0 Å². The highest BCUT2D eigenvalue weighted by atomic mass is 19.1. The van der Waals surface area contributed by atoms with Gasteiger partial charge in [0.1, 0.15) is 11.6 Å². The molecule has 2 rings (SSSR count). The number of urea groups is 1. The van der Waals surface area contributed by atoms with Gasteiger partial charge in [-0.25, -0.2) is 9.18 Å². The largest absolute Gasteiger partial charge is 0.497 e. The lowest BCUT2D eigenvalue weighted by molar-refractivity contribution is 0.173. The molecular weight excluding hydrogens is 323 g/mol. The molecule has 2 aromatic rings. The van der Waals surface area contributed by atoms with E-state index in [0.29, 0.717) is 24.3 Å². The van der Waals surface area contributed by atoms with Crippen molar-refractivity contribution in [2.45, 2.75) is 19.4 Å². The lowest BCUT2D eigenvalue weighted by atomic mass is 10.1. The predicted octanol–water partition coefficient (Wildman–Crippen LogP) is 2.72. The predicted molar refractivity (Wildman–Crippen MR) is 94.2 cm³/mol. The maximum absolute atomic E-state index is 13.1. The van der Waals surface area contributed by atoms with Crippen molar-refractivity contribution in [3.8, 4) is 5.75 Å². The van der Waals surface area contributed by atoms with Crippen molar-refractivity contribution in [3.63, 3.8) is 0 Å². The van der Waals surface area contributed by atoms with E-state index in [1.54, 1.807) is 37.4 Å². The molecule has 0 saturated carbocycles. The summed E-state index contributed by atoms with van der Waals surface area (Å²) in [6.45, 7) is 2.35. The molecule has 2 amide bonds. The Morgan fingerprint density at radius 3 is 2.76 bits per heavy atom. The van der Waals surface area contributed by atoms with Gasteiger partial charge in [-0.1, -0.05) is 18.2 Å². The van der Waals surface area contributed by atoms with Gasteiger partial charge in [0.15, 0.2) is 0 Å². The zero-order chi connectivity index (χ0) is 18.2. The van der Waals surface area contributed by atoms with E-state index in [9.17, 15) is 14.3 Å². The van der Waals surface area contributed by atoms with E-state index in [1.807, 2.05) is 6.92 Å². The van der Waals surface area contributed by atoms with Gasteiger partial charge in [0, 0.05) is 13.1 Å². The van der Waals surface area contributed by atoms with E-state index in [1.165, 1.54) is 12.1 Å². The first-order valence-electron chi connectivity index (χ1n) is 8.08. The lowest BCUT2D eigenvalue weighted by Crippen LogP contribution is -2.38. The van der Waals surface area contributed by atoms with Gasteiger partial charge in [0.2, 0.25) is 0 Å². The number of aliphatic hydroxyl groups excluding tert-OH is 1. The van der Waals surface area contributed by atoms with Crippen LogP contribution in [0.3, 0.4) is 0 Å². The fourth-order valence-electron chi connectivity index (χ4n) is 2.47. The number of rotatable bonds is 7. The Balaban J connectivity index is 1.74. The van der Waals surface area contributed by atoms with Crippen LogP contribution in [-0.4, -0.2) is 31.3 Å². The van der Waals surface area contributed by atoms with Crippen LogP contribution in [-0.2, 0) is 6.42 Å². The second kappa shape index (κ2) is 9.03. The van der Waals surface area contributed by atoms with Crippen molar-refractivity contribution in [1.82, 2.24) is 10.6 Å². The van der Waals surface area contributed by atoms with Crippen LogP contribution in [0.15, 0.2) is 42.5 Å². The summed E-state index contributed by atoms with van der Waals surface area (Å²) in [7, 11) is 1.56. The molecule has 0 aromatic heterocycles. The van der Waals surface area contributed by atoms with Crippen molar-refractivity contribution in [2.24, 2.45) is 0 Å². The quantitative estimate of drug-likeness (QED) is 0.722. The number of methoxy groups -OCH3 is 1. The van der Waals surface area contributed by atoms with Crippen molar-refractivity contribution < 1.29 is 19.0 Å². The highest BCUT2D eigenvalue weighted by Crippen LogP contribution is 2.18. The van der Waals surface area contributed by atoms with Gasteiger partial charge < -0.3 is 20.5 Å². The molecule has 2 aromatic carbocycles. The minimum Gasteiger partial charge on any atom is -0.497 e. The van der Waals surface area contributed by atoms with E-state index >= 15 is 0 Å². The first-order valence-corrected chi connectivity index (χ1v) is 8.08. The van der Waals surface area contributed by atoms with Gasteiger partial charge in [0.25, 0.3) is 0 Å². The number of hydrogen-bond donors (Lipinski definition) is 3. The fourth-order valence-corrected chi connectivity index (χ4v) is 2.47. The molecule has 25 heavy (non-hydrogen) atoms. The van der Waals surface area contributed by atoms with Gasteiger partial charge in [-0.05, 0) is 54.3 Å². The van der Waals surface area contributed by atoms with Crippen LogP contribution >= 0.6 is 0 Å². The summed E-state index contributed by atoms with van der Waals surface area (Å²) in [5.74, 6) is 0.383. The Morgan fingerprint density at radius 1 is 1.24 bits per heavy atom. The SMILES string of the molecule is COc1cccc(C(O)CNC(=O)NCCc2ccc(F)cc2C)c1. The zero-order valence-electron chi connectivity index (χ0n) is 14.4. The highest BCUT2D eigenvalue weighted by Gasteiger charge is 2.10. The van der Waals surface area contributed by atoms with Crippen molar-refractivity contribution in [1.29, 1.82) is 0 Å². The lowest BCUT2D eigenvalue weighted by Gasteiger charge is -2.14. The van der Waals surface area contributed by atoms with Crippen molar-refractivity contribution in [3.05, 3.63) is 65.0 Å². The second-order valence-electron chi connectivity index (χ2n) is 5.75. The van der Waals surface area contributed by atoms with Crippen molar-refractivity contribution >= 4 is 6.03 Å². The fraction of sp³-hybridized carbons (Fsp3) is 0.316. The standard InChI is InChI=1S/C19H23FN2O3/c1-13-10-16(20)7-6-14(13)8-9-21-19(24)22-12-18(23)15-4-3-5-17(11-15)25-2/h3-7,10-11,18,23H,8-9,12H2,1-2H3,(H2,21,22,24). The molecule has 0 aliphatic heterocycles. The third-order valence-corrected chi connectivity index (χ3v) is 3.92. The zero-order valence-corrected chi connectivity index (χ0v) is 14.4. The Bertz CT molecular complexity index is 722. The molecule has 0 fully saturated rings. The number of hydrogen-bond acceptors (Lipinski definition) is 3. The minimum atomic E-state index is -0.819. The number of carbonyl (C=O) groups is 1. The summed E-state index contributed by atoms with van der Waals surface area (Å²) in [5, 5.41) is 15.5. The molecular formula is C19H23FN2O3. The number of aliphatic hydroxyl groups is 1.